The van der Waals surface area contributed by atoms with Crippen molar-refractivity contribution < 1.29 is 17.9 Å². The van der Waals surface area contributed by atoms with E-state index in [-0.39, 0.29) is 12.2 Å². The normalized spacial score (nSPS) is 18.9. The first-order chi connectivity index (χ1) is 15.4. The maximum atomic E-state index is 13.4. The van der Waals surface area contributed by atoms with Gasteiger partial charge in [-0.3, -0.25) is 4.98 Å². The molecule has 1 aromatic carbocycles. The first-order valence-corrected chi connectivity index (χ1v) is 11.4. The van der Waals surface area contributed by atoms with E-state index in [0.717, 1.165) is 48.1 Å². The van der Waals surface area contributed by atoms with Crippen LogP contribution in [0.3, 0.4) is 0 Å². The minimum atomic E-state index is -4.35. The van der Waals surface area contributed by atoms with Crippen LogP contribution in [-0.4, -0.2) is 34.1 Å². The highest BCUT2D eigenvalue weighted by Crippen LogP contribution is 2.38. The fraction of sp³-hybridized carbons (Fsp3) is 0.480. The van der Waals surface area contributed by atoms with Gasteiger partial charge in [0.15, 0.2) is 0 Å². The highest BCUT2D eigenvalue weighted by molar-refractivity contribution is 5.86. The summed E-state index contributed by atoms with van der Waals surface area (Å²) in [6, 6.07) is 8.12. The lowest BCUT2D eigenvalue weighted by molar-refractivity contribution is -0.137. The van der Waals surface area contributed by atoms with Crippen molar-refractivity contribution in [2.75, 3.05) is 13.6 Å². The van der Waals surface area contributed by atoms with Gasteiger partial charge in [-0.25, -0.2) is 0 Å². The van der Waals surface area contributed by atoms with Gasteiger partial charge in [0.25, 0.3) is 0 Å². The van der Waals surface area contributed by atoms with E-state index >= 15 is 0 Å². The number of fused-ring (bicyclic) bond motifs is 3. The van der Waals surface area contributed by atoms with Gasteiger partial charge in [0.05, 0.1) is 18.2 Å². The Hall–Kier alpha value is -2.38. The molecule has 1 saturated carbocycles. The fourth-order valence-electron chi connectivity index (χ4n) is 5.20. The summed E-state index contributed by atoms with van der Waals surface area (Å²) in [4.78, 5) is 6.31. The van der Waals surface area contributed by atoms with Crippen molar-refractivity contribution in [3.63, 3.8) is 0 Å². The summed E-state index contributed by atoms with van der Waals surface area (Å²) in [7, 11) is 2.02. The minimum absolute atomic E-state index is 0.164. The molecule has 0 radical (unpaired) electrons. The molecule has 170 valence electrons. The lowest BCUT2D eigenvalue weighted by Crippen LogP contribution is -2.28. The van der Waals surface area contributed by atoms with Gasteiger partial charge in [-0.2, -0.15) is 13.2 Å². The van der Waals surface area contributed by atoms with Crippen LogP contribution in [0.5, 0.6) is 0 Å². The van der Waals surface area contributed by atoms with Gasteiger partial charge < -0.3 is 14.2 Å². The monoisotopic (exact) mass is 443 g/mol. The zero-order chi connectivity index (χ0) is 22.3. The standard InChI is InChI=1S/C25H28F3N3O/c1-30-13-10-23-21(15-30)20-14-18(25(26,27)28)6-7-22(20)31(23)16-24(17-8-11-29-12-9-17)32-19-4-2-3-5-19/h6-9,11-12,14,19,24H,2-5,10,13,15-16H2,1H3. The van der Waals surface area contributed by atoms with Crippen molar-refractivity contribution in [3.8, 4) is 0 Å². The van der Waals surface area contributed by atoms with Gasteiger partial charge in [-0.1, -0.05) is 12.8 Å². The van der Waals surface area contributed by atoms with Crippen LogP contribution >= 0.6 is 0 Å². The van der Waals surface area contributed by atoms with Crippen molar-refractivity contribution in [3.05, 3.63) is 65.1 Å². The Balaban J connectivity index is 1.58. The zero-order valence-electron chi connectivity index (χ0n) is 18.2. The molecule has 0 amide bonds. The molecule has 1 unspecified atom stereocenters. The van der Waals surface area contributed by atoms with Crippen LogP contribution < -0.4 is 0 Å². The molecule has 3 aromatic rings. The Morgan fingerprint density at radius 2 is 1.88 bits per heavy atom. The average Bonchev–Trinajstić information content (AvgIpc) is 3.39. The van der Waals surface area contributed by atoms with Crippen molar-refractivity contribution in [2.24, 2.45) is 0 Å². The number of rotatable bonds is 5. The highest BCUT2D eigenvalue weighted by atomic mass is 19.4. The van der Waals surface area contributed by atoms with E-state index in [2.05, 4.69) is 14.5 Å². The lowest BCUT2D eigenvalue weighted by Gasteiger charge is -2.27. The van der Waals surface area contributed by atoms with E-state index in [9.17, 15) is 13.2 Å². The predicted molar refractivity (Wildman–Crippen MR) is 117 cm³/mol. The molecule has 1 atom stereocenters. The van der Waals surface area contributed by atoms with Crippen LogP contribution in [0, 0.1) is 0 Å². The number of aromatic nitrogens is 2. The average molecular weight is 444 g/mol. The molecule has 2 aliphatic rings. The Kier molecular flexibility index (Phi) is 5.72. The summed E-state index contributed by atoms with van der Waals surface area (Å²) < 4.78 is 49.1. The third-order valence-electron chi connectivity index (χ3n) is 6.86. The second kappa shape index (κ2) is 8.52. The maximum absolute atomic E-state index is 13.4. The maximum Gasteiger partial charge on any atom is 0.416 e. The van der Waals surface area contributed by atoms with E-state index in [0.29, 0.717) is 18.5 Å². The highest BCUT2D eigenvalue weighted by Gasteiger charge is 2.33. The van der Waals surface area contributed by atoms with E-state index < -0.39 is 11.7 Å². The van der Waals surface area contributed by atoms with Crippen molar-refractivity contribution in [1.29, 1.82) is 0 Å². The van der Waals surface area contributed by atoms with Gasteiger partial charge in [-0.05, 0) is 61.3 Å². The number of alkyl halides is 3. The zero-order valence-corrected chi connectivity index (χ0v) is 18.2. The summed E-state index contributed by atoms with van der Waals surface area (Å²) in [5, 5.41) is 0.704. The van der Waals surface area contributed by atoms with Gasteiger partial charge in [0.1, 0.15) is 6.10 Å². The molecule has 4 nitrogen and oxygen atoms in total. The SMILES string of the molecule is CN1CCc2c(c3cc(C(F)(F)F)ccc3n2CC(OC2CCCC2)c2ccncc2)C1. The predicted octanol–water partition coefficient (Wildman–Crippen LogP) is 5.74. The number of nitrogens with zero attached hydrogens (tertiary/aromatic N) is 3. The number of likely N-dealkylation sites (N-methyl/N-ethyl adjacent to an activating group) is 1. The smallest absolute Gasteiger partial charge is 0.368 e. The summed E-state index contributed by atoms with van der Waals surface area (Å²) in [5.41, 5.74) is 3.46. The Morgan fingerprint density at radius 1 is 1.12 bits per heavy atom. The second-order valence-corrected chi connectivity index (χ2v) is 9.07. The Bertz CT molecular complexity index is 1090. The van der Waals surface area contributed by atoms with Crippen LogP contribution in [0.25, 0.3) is 10.9 Å². The van der Waals surface area contributed by atoms with E-state index in [1.54, 1.807) is 18.5 Å². The third-order valence-corrected chi connectivity index (χ3v) is 6.86. The molecule has 7 heteroatoms. The van der Waals surface area contributed by atoms with Gasteiger partial charge in [-0.15, -0.1) is 0 Å². The van der Waals surface area contributed by atoms with Crippen molar-refractivity contribution in [1.82, 2.24) is 14.5 Å². The van der Waals surface area contributed by atoms with Crippen molar-refractivity contribution >= 4 is 10.9 Å². The largest absolute Gasteiger partial charge is 0.416 e. The van der Waals surface area contributed by atoms with E-state index in [1.807, 2.05) is 19.2 Å². The molecule has 1 aliphatic carbocycles. The third kappa shape index (κ3) is 4.16. The lowest BCUT2D eigenvalue weighted by atomic mass is 10.0. The summed E-state index contributed by atoms with van der Waals surface area (Å²) in [6.07, 6.45) is 4.56. The quantitative estimate of drug-likeness (QED) is 0.504. The number of ether oxygens (including phenoxy) is 1. The van der Waals surface area contributed by atoms with Crippen LogP contribution in [-0.2, 0) is 30.4 Å². The number of pyridine rings is 1. The second-order valence-electron chi connectivity index (χ2n) is 9.07. The molecule has 0 spiro atoms. The van der Waals surface area contributed by atoms with E-state index in [1.165, 1.54) is 25.0 Å². The molecule has 1 aliphatic heterocycles. The summed E-state index contributed by atoms with van der Waals surface area (Å²) in [6.45, 7) is 2.13. The molecule has 32 heavy (non-hydrogen) atoms. The first kappa shape index (κ1) is 21.5. The summed E-state index contributed by atoms with van der Waals surface area (Å²) in [5.74, 6) is 0. The molecule has 0 saturated heterocycles. The molecular formula is C25H28F3N3O. The van der Waals surface area contributed by atoms with E-state index in [4.69, 9.17) is 4.74 Å². The van der Waals surface area contributed by atoms with Gasteiger partial charge >= 0.3 is 6.18 Å². The van der Waals surface area contributed by atoms with Crippen LogP contribution in [0.15, 0.2) is 42.7 Å². The van der Waals surface area contributed by atoms with Crippen molar-refractivity contribution in [2.45, 2.75) is 63.6 Å². The van der Waals surface area contributed by atoms with Gasteiger partial charge in [0, 0.05) is 48.5 Å². The molecular weight excluding hydrogens is 415 g/mol. The Morgan fingerprint density at radius 3 is 2.59 bits per heavy atom. The molecule has 3 heterocycles. The Labute approximate surface area is 186 Å². The topological polar surface area (TPSA) is 30.3 Å². The minimum Gasteiger partial charge on any atom is -0.368 e. The number of hydrogen-bond acceptors (Lipinski definition) is 3. The fourth-order valence-corrected chi connectivity index (χ4v) is 5.20. The molecule has 0 N–H and O–H groups in total. The summed E-state index contributed by atoms with van der Waals surface area (Å²) >= 11 is 0. The van der Waals surface area contributed by atoms with Crippen LogP contribution in [0.4, 0.5) is 13.2 Å². The molecule has 2 aromatic heterocycles. The van der Waals surface area contributed by atoms with Crippen LogP contribution in [0.1, 0.15) is 54.2 Å². The first-order valence-electron chi connectivity index (χ1n) is 11.4. The molecule has 1 fully saturated rings. The van der Waals surface area contributed by atoms with Crippen LogP contribution in [0.2, 0.25) is 0 Å². The molecule has 0 bridgehead atoms. The number of halogens is 3. The molecule has 5 rings (SSSR count). The number of benzene rings is 1. The number of hydrogen-bond donors (Lipinski definition) is 0. The van der Waals surface area contributed by atoms with Gasteiger partial charge in [0.2, 0.25) is 0 Å².